The standard InChI is InChI=1S/C20H21FN6O4/c1-10(28)14(9-30-3)25-20(29)31-16-8-23-19-18(16)24-13(7-22-19)17-12-5-4-11(21)6-15(12)27(2)26-17/h4-8,10,14,28H,9H2,1-3H3,(H,22,23)(H,25,29)/t10-,14-/m1/s1. The normalized spacial score (nSPS) is 13.5. The third-order valence-corrected chi connectivity index (χ3v) is 4.84. The zero-order chi connectivity index (χ0) is 22.1. The smallest absolute Gasteiger partial charge is 0.406 e. The second-order valence-electron chi connectivity index (χ2n) is 7.08. The zero-order valence-electron chi connectivity index (χ0n) is 17.1. The fourth-order valence-corrected chi connectivity index (χ4v) is 3.24. The lowest BCUT2D eigenvalue weighted by Crippen LogP contribution is -2.46. The molecule has 31 heavy (non-hydrogen) atoms. The number of halogens is 1. The number of methoxy groups -OCH3 is 1. The molecule has 0 unspecified atom stereocenters. The molecule has 0 radical (unpaired) electrons. The van der Waals surface area contributed by atoms with Gasteiger partial charge in [0.15, 0.2) is 16.9 Å². The molecule has 0 aliphatic rings. The van der Waals surface area contributed by atoms with Crippen LogP contribution in [0.25, 0.3) is 33.5 Å². The van der Waals surface area contributed by atoms with Gasteiger partial charge in [0.05, 0.1) is 30.5 Å². The van der Waals surface area contributed by atoms with Crippen molar-refractivity contribution in [1.82, 2.24) is 30.0 Å². The first-order valence-corrected chi connectivity index (χ1v) is 9.49. The Bertz CT molecular complexity index is 1250. The number of aromatic nitrogens is 5. The molecule has 0 spiro atoms. The van der Waals surface area contributed by atoms with Gasteiger partial charge in [0.25, 0.3) is 0 Å². The monoisotopic (exact) mass is 428 g/mol. The highest BCUT2D eigenvalue weighted by atomic mass is 19.1. The molecule has 11 heteroatoms. The number of amides is 1. The van der Waals surface area contributed by atoms with Crippen LogP contribution in [-0.2, 0) is 11.8 Å². The summed E-state index contributed by atoms with van der Waals surface area (Å²) in [5, 5.41) is 17.5. The minimum atomic E-state index is -0.830. The number of nitrogens with one attached hydrogen (secondary N) is 2. The van der Waals surface area contributed by atoms with E-state index in [2.05, 4.69) is 25.4 Å². The van der Waals surface area contributed by atoms with Crippen molar-refractivity contribution in [3.8, 4) is 17.1 Å². The van der Waals surface area contributed by atoms with Crippen molar-refractivity contribution in [2.24, 2.45) is 7.05 Å². The maximum Gasteiger partial charge on any atom is 0.413 e. The maximum atomic E-state index is 13.6. The molecule has 1 amide bonds. The van der Waals surface area contributed by atoms with Gasteiger partial charge >= 0.3 is 6.09 Å². The highest BCUT2D eigenvalue weighted by Crippen LogP contribution is 2.29. The highest BCUT2D eigenvalue weighted by molar-refractivity contribution is 5.93. The molecule has 0 aliphatic heterocycles. The van der Waals surface area contributed by atoms with E-state index in [4.69, 9.17) is 9.47 Å². The van der Waals surface area contributed by atoms with Crippen LogP contribution in [0.15, 0.2) is 30.6 Å². The second kappa shape index (κ2) is 8.28. The summed E-state index contributed by atoms with van der Waals surface area (Å²) in [6.07, 6.45) is 1.41. The van der Waals surface area contributed by atoms with Crippen LogP contribution in [0.2, 0.25) is 0 Å². The summed E-state index contributed by atoms with van der Waals surface area (Å²) in [4.78, 5) is 24.1. The fourth-order valence-electron chi connectivity index (χ4n) is 3.24. The Morgan fingerprint density at radius 2 is 2.23 bits per heavy atom. The maximum absolute atomic E-state index is 13.6. The van der Waals surface area contributed by atoms with Crippen LogP contribution >= 0.6 is 0 Å². The molecule has 4 rings (SSSR count). The summed E-state index contributed by atoms with van der Waals surface area (Å²) in [5.74, 6) is -0.199. The van der Waals surface area contributed by atoms with Gasteiger partial charge in [-0.1, -0.05) is 0 Å². The van der Waals surface area contributed by atoms with Crippen LogP contribution in [-0.4, -0.2) is 61.8 Å². The molecular weight excluding hydrogens is 407 g/mol. The fraction of sp³-hybridized carbons (Fsp3) is 0.300. The molecular formula is C20H21FN6O4. The second-order valence-corrected chi connectivity index (χ2v) is 7.08. The number of hydrogen-bond acceptors (Lipinski definition) is 7. The molecule has 0 saturated heterocycles. The molecule has 4 aromatic rings. The molecule has 3 aromatic heterocycles. The van der Waals surface area contributed by atoms with Crippen LogP contribution in [0.1, 0.15) is 6.92 Å². The lowest BCUT2D eigenvalue weighted by Gasteiger charge is -2.19. The van der Waals surface area contributed by atoms with Gasteiger partial charge in [-0.25, -0.2) is 19.2 Å². The van der Waals surface area contributed by atoms with Crippen LogP contribution in [0.3, 0.4) is 0 Å². The Labute approximate surface area is 176 Å². The average Bonchev–Trinajstić information content (AvgIpc) is 3.28. The molecule has 0 aliphatic carbocycles. The first-order chi connectivity index (χ1) is 14.9. The van der Waals surface area contributed by atoms with E-state index in [1.807, 2.05) is 0 Å². The van der Waals surface area contributed by atoms with Crippen molar-refractivity contribution in [1.29, 1.82) is 0 Å². The molecule has 0 saturated carbocycles. The average molecular weight is 428 g/mol. The highest BCUT2D eigenvalue weighted by Gasteiger charge is 2.21. The molecule has 3 heterocycles. The Morgan fingerprint density at radius 3 is 2.97 bits per heavy atom. The third kappa shape index (κ3) is 4.05. The van der Waals surface area contributed by atoms with Gasteiger partial charge < -0.3 is 24.9 Å². The Kier molecular flexibility index (Phi) is 5.53. The summed E-state index contributed by atoms with van der Waals surface area (Å²) >= 11 is 0. The SMILES string of the molecule is COC[C@@H](NC(=O)Oc1c[nH]c2ncc(-c3nn(C)c4cc(F)ccc34)nc12)[C@@H](C)O. The minimum absolute atomic E-state index is 0.123. The van der Waals surface area contributed by atoms with Crippen LogP contribution in [0.4, 0.5) is 9.18 Å². The van der Waals surface area contributed by atoms with E-state index in [-0.39, 0.29) is 18.2 Å². The number of aromatic amines is 1. The van der Waals surface area contributed by atoms with Gasteiger partial charge in [0.2, 0.25) is 0 Å². The van der Waals surface area contributed by atoms with Gasteiger partial charge in [-0.15, -0.1) is 0 Å². The van der Waals surface area contributed by atoms with E-state index in [0.717, 1.165) is 0 Å². The molecule has 162 valence electrons. The predicted octanol–water partition coefficient (Wildman–Crippen LogP) is 2.13. The number of carbonyl (C=O) groups excluding carboxylic acids is 1. The number of aryl methyl sites for hydroxylation is 1. The van der Waals surface area contributed by atoms with Crippen LogP contribution in [0, 0.1) is 5.82 Å². The lowest BCUT2D eigenvalue weighted by atomic mass is 10.1. The van der Waals surface area contributed by atoms with Gasteiger partial charge in [-0.3, -0.25) is 4.68 Å². The number of aliphatic hydroxyl groups is 1. The van der Waals surface area contributed by atoms with E-state index >= 15 is 0 Å². The topological polar surface area (TPSA) is 127 Å². The van der Waals surface area contributed by atoms with Gasteiger partial charge in [-0.05, 0) is 25.1 Å². The van der Waals surface area contributed by atoms with E-state index < -0.39 is 18.2 Å². The number of rotatable bonds is 6. The first-order valence-electron chi connectivity index (χ1n) is 9.49. The summed E-state index contributed by atoms with van der Waals surface area (Å²) in [6, 6.07) is 3.75. The quantitative estimate of drug-likeness (QED) is 0.429. The summed E-state index contributed by atoms with van der Waals surface area (Å²) in [7, 11) is 3.18. The molecule has 0 fully saturated rings. The Hall–Kier alpha value is -3.57. The number of aliphatic hydroxyl groups excluding tert-OH is 1. The number of fused-ring (bicyclic) bond motifs is 2. The van der Waals surface area contributed by atoms with Crippen molar-refractivity contribution in [2.45, 2.75) is 19.1 Å². The number of H-pyrrole nitrogens is 1. The first kappa shape index (κ1) is 20.7. The van der Waals surface area contributed by atoms with Crippen molar-refractivity contribution >= 4 is 28.2 Å². The van der Waals surface area contributed by atoms with Crippen LogP contribution in [0.5, 0.6) is 5.75 Å². The number of benzene rings is 1. The van der Waals surface area contributed by atoms with E-state index in [1.54, 1.807) is 17.8 Å². The molecule has 1 aromatic carbocycles. The number of ether oxygens (including phenoxy) is 2. The molecule has 0 bridgehead atoms. The minimum Gasteiger partial charge on any atom is -0.406 e. The van der Waals surface area contributed by atoms with E-state index in [0.29, 0.717) is 33.5 Å². The predicted molar refractivity (Wildman–Crippen MR) is 110 cm³/mol. The third-order valence-electron chi connectivity index (χ3n) is 4.84. The molecule has 2 atom stereocenters. The van der Waals surface area contributed by atoms with Gasteiger partial charge in [-0.2, -0.15) is 5.10 Å². The Balaban J connectivity index is 1.65. The van der Waals surface area contributed by atoms with E-state index in [9.17, 15) is 14.3 Å². The number of nitrogens with zero attached hydrogens (tertiary/aromatic N) is 4. The Morgan fingerprint density at radius 1 is 1.42 bits per heavy atom. The summed E-state index contributed by atoms with van der Waals surface area (Å²) < 4.78 is 25.5. The lowest BCUT2D eigenvalue weighted by molar-refractivity contribution is 0.0798. The molecule has 10 nitrogen and oxygen atoms in total. The van der Waals surface area contributed by atoms with Crippen molar-refractivity contribution in [3.05, 3.63) is 36.4 Å². The number of hydrogen-bond donors (Lipinski definition) is 3. The van der Waals surface area contributed by atoms with Crippen molar-refractivity contribution < 1.29 is 23.8 Å². The largest absolute Gasteiger partial charge is 0.413 e. The van der Waals surface area contributed by atoms with Crippen molar-refractivity contribution in [2.75, 3.05) is 13.7 Å². The van der Waals surface area contributed by atoms with Crippen molar-refractivity contribution in [3.63, 3.8) is 0 Å². The van der Waals surface area contributed by atoms with E-state index in [1.165, 1.54) is 38.6 Å². The molecule has 3 N–H and O–H groups in total. The number of carbonyl (C=O) groups is 1. The van der Waals surface area contributed by atoms with Gasteiger partial charge in [0, 0.05) is 25.7 Å². The van der Waals surface area contributed by atoms with Crippen LogP contribution < -0.4 is 10.1 Å². The van der Waals surface area contributed by atoms with Gasteiger partial charge in [0.1, 0.15) is 17.2 Å². The summed E-state index contributed by atoms with van der Waals surface area (Å²) in [5.41, 5.74) is 2.33. The zero-order valence-corrected chi connectivity index (χ0v) is 17.1. The summed E-state index contributed by atoms with van der Waals surface area (Å²) in [6.45, 7) is 1.66.